The lowest BCUT2D eigenvalue weighted by molar-refractivity contribution is 0.525. The quantitative estimate of drug-likeness (QED) is 0.845. The fourth-order valence-electron chi connectivity index (χ4n) is 3.22. The first-order chi connectivity index (χ1) is 7.81. The minimum atomic E-state index is 0.671. The van der Waals surface area contributed by atoms with Crippen LogP contribution in [0.4, 0.5) is 0 Å². The molecule has 0 aliphatic heterocycles. The summed E-state index contributed by atoms with van der Waals surface area (Å²) in [5, 5.41) is 4.30. The Morgan fingerprint density at radius 1 is 1.38 bits per heavy atom. The second kappa shape index (κ2) is 4.05. The average Bonchev–Trinajstić information content (AvgIpc) is 3.04. The molecule has 1 saturated carbocycles. The van der Waals surface area contributed by atoms with Gasteiger partial charge in [0.05, 0.1) is 0 Å². The lowest BCUT2D eigenvalue weighted by Crippen LogP contribution is -2.15. The fourth-order valence-corrected chi connectivity index (χ4v) is 3.54. The first kappa shape index (κ1) is 10.6. The monoisotopic (exact) mass is 235 g/mol. The van der Waals surface area contributed by atoms with Crippen LogP contribution in [0.15, 0.2) is 18.2 Å². The maximum atomic E-state index is 6.38. The van der Waals surface area contributed by atoms with Crippen LogP contribution in [0.25, 0.3) is 0 Å². The molecule has 0 saturated heterocycles. The minimum Gasteiger partial charge on any atom is -0.319 e. The molecular weight excluding hydrogens is 218 g/mol. The molecule has 0 spiro atoms. The van der Waals surface area contributed by atoms with E-state index in [0.717, 1.165) is 23.4 Å². The highest BCUT2D eigenvalue weighted by Gasteiger charge is 2.41. The van der Waals surface area contributed by atoms with Crippen molar-refractivity contribution in [3.05, 3.63) is 34.3 Å². The van der Waals surface area contributed by atoms with E-state index in [1.165, 1.54) is 30.4 Å². The van der Waals surface area contributed by atoms with Crippen molar-refractivity contribution in [1.29, 1.82) is 0 Å². The van der Waals surface area contributed by atoms with Crippen LogP contribution in [0.5, 0.6) is 0 Å². The van der Waals surface area contributed by atoms with Gasteiger partial charge in [-0.15, -0.1) is 0 Å². The Kier molecular flexibility index (Phi) is 2.68. The molecule has 0 radical (unpaired) electrons. The number of benzene rings is 1. The van der Waals surface area contributed by atoms with Gasteiger partial charge in [0, 0.05) is 11.6 Å². The van der Waals surface area contributed by atoms with E-state index in [1.54, 1.807) is 0 Å². The minimum absolute atomic E-state index is 0.671. The number of fused-ring (bicyclic) bond motifs is 1. The fraction of sp³-hybridized carbons (Fsp3) is 0.571. The molecular formula is C14H18ClN. The summed E-state index contributed by atoms with van der Waals surface area (Å²) >= 11 is 6.38. The summed E-state index contributed by atoms with van der Waals surface area (Å²) in [6.07, 6.45) is 4.10. The number of halogens is 1. The zero-order valence-corrected chi connectivity index (χ0v) is 10.4. The topological polar surface area (TPSA) is 12.0 Å². The van der Waals surface area contributed by atoms with Gasteiger partial charge in [0.2, 0.25) is 0 Å². The van der Waals surface area contributed by atoms with Crippen molar-refractivity contribution >= 4 is 11.6 Å². The molecule has 2 atom stereocenters. The van der Waals surface area contributed by atoms with Crippen LogP contribution in [-0.2, 0) is 0 Å². The van der Waals surface area contributed by atoms with Crippen molar-refractivity contribution in [1.82, 2.24) is 5.32 Å². The second-order valence-corrected chi connectivity index (χ2v) is 5.58. The number of likely N-dealkylation sites (N-methyl/N-ethyl adjacent to an activating group) is 1. The third kappa shape index (κ3) is 1.66. The molecule has 1 fully saturated rings. The molecule has 0 heterocycles. The van der Waals surface area contributed by atoms with Crippen molar-refractivity contribution in [2.75, 3.05) is 13.6 Å². The van der Waals surface area contributed by atoms with Crippen LogP contribution < -0.4 is 5.32 Å². The SMILES string of the molecule is CNCC1CC(C2CC2)c2c(Cl)cccc21. The summed E-state index contributed by atoms with van der Waals surface area (Å²) in [7, 11) is 2.04. The maximum absolute atomic E-state index is 6.38. The molecule has 0 bridgehead atoms. The van der Waals surface area contributed by atoms with Crippen LogP contribution in [-0.4, -0.2) is 13.6 Å². The van der Waals surface area contributed by atoms with Crippen LogP contribution in [0.2, 0.25) is 5.02 Å². The maximum Gasteiger partial charge on any atom is 0.0443 e. The number of nitrogens with one attached hydrogen (secondary N) is 1. The Morgan fingerprint density at radius 3 is 2.88 bits per heavy atom. The van der Waals surface area contributed by atoms with Crippen LogP contribution in [0.3, 0.4) is 0 Å². The number of hydrogen-bond donors (Lipinski definition) is 1. The Labute approximate surface area is 102 Å². The largest absolute Gasteiger partial charge is 0.319 e. The van der Waals surface area contributed by atoms with Crippen LogP contribution >= 0.6 is 11.6 Å². The first-order valence-electron chi connectivity index (χ1n) is 6.24. The Hall–Kier alpha value is -0.530. The molecule has 2 aliphatic rings. The molecule has 1 aromatic carbocycles. The summed E-state index contributed by atoms with van der Waals surface area (Å²) in [5.74, 6) is 2.33. The highest BCUT2D eigenvalue weighted by atomic mass is 35.5. The molecule has 3 rings (SSSR count). The van der Waals surface area contributed by atoms with Gasteiger partial charge in [-0.2, -0.15) is 0 Å². The molecule has 86 valence electrons. The van der Waals surface area contributed by atoms with E-state index in [4.69, 9.17) is 11.6 Å². The highest BCUT2D eigenvalue weighted by molar-refractivity contribution is 6.31. The molecule has 0 aromatic heterocycles. The van der Waals surface area contributed by atoms with Gasteiger partial charge in [0.25, 0.3) is 0 Å². The molecule has 2 aliphatic carbocycles. The molecule has 1 N–H and O–H groups in total. The molecule has 16 heavy (non-hydrogen) atoms. The summed E-state index contributed by atoms with van der Waals surface area (Å²) < 4.78 is 0. The van der Waals surface area contributed by atoms with Gasteiger partial charge >= 0.3 is 0 Å². The third-order valence-electron chi connectivity index (χ3n) is 4.08. The van der Waals surface area contributed by atoms with Gasteiger partial charge in [-0.1, -0.05) is 23.7 Å². The average molecular weight is 236 g/mol. The molecule has 1 nitrogen and oxygen atoms in total. The van der Waals surface area contributed by atoms with Crippen LogP contribution in [0, 0.1) is 5.92 Å². The lowest BCUT2D eigenvalue weighted by Gasteiger charge is -2.11. The van der Waals surface area contributed by atoms with Crippen molar-refractivity contribution in [2.24, 2.45) is 5.92 Å². The van der Waals surface area contributed by atoms with Gasteiger partial charge in [-0.25, -0.2) is 0 Å². The summed E-state index contributed by atoms with van der Waals surface area (Å²) in [6, 6.07) is 6.42. The summed E-state index contributed by atoms with van der Waals surface area (Å²) in [5.41, 5.74) is 2.96. The van der Waals surface area contributed by atoms with Crippen molar-refractivity contribution in [3.63, 3.8) is 0 Å². The summed E-state index contributed by atoms with van der Waals surface area (Å²) in [4.78, 5) is 0. The van der Waals surface area contributed by atoms with E-state index in [9.17, 15) is 0 Å². The van der Waals surface area contributed by atoms with E-state index in [2.05, 4.69) is 23.5 Å². The van der Waals surface area contributed by atoms with Gasteiger partial charge in [0.15, 0.2) is 0 Å². The van der Waals surface area contributed by atoms with E-state index in [-0.39, 0.29) is 0 Å². The smallest absolute Gasteiger partial charge is 0.0443 e. The predicted molar refractivity (Wildman–Crippen MR) is 68.2 cm³/mol. The molecule has 2 unspecified atom stereocenters. The van der Waals surface area contributed by atoms with E-state index < -0.39 is 0 Å². The van der Waals surface area contributed by atoms with Gasteiger partial charge < -0.3 is 5.32 Å². The van der Waals surface area contributed by atoms with Crippen molar-refractivity contribution in [2.45, 2.75) is 31.1 Å². The lowest BCUT2D eigenvalue weighted by atomic mass is 9.96. The first-order valence-corrected chi connectivity index (χ1v) is 6.62. The zero-order chi connectivity index (χ0) is 11.1. The normalized spacial score (nSPS) is 28.1. The van der Waals surface area contributed by atoms with E-state index in [0.29, 0.717) is 5.92 Å². The second-order valence-electron chi connectivity index (χ2n) is 5.18. The Balaban J connectivity index is 1.99. The zero-order valence-electron chi connectivity index (χ0n) is 9.67. The molecule has 1 aromatic rings. The van der Waals surface area contributed by atoms with Crippen molar-refractivity contribution in [3.8, 4) is 0 Å². The van der Waals surface area contributed by atoms with Gasteiger partial charge in [0.1, 0.15) is 0 Å². The van der Waals surface area contributed by atoms with Crippen LogP contribution in [0.1, 0.15) is 42.2 Å². The molecule has 0 amide bonds. The predicted octanol–water partition coefficient (Wildman–Crippen LogP) is 3.54. The Bertz CT molecular complexity index is 398. The van der Waals surface area contributed by atoms with E-state index >= 15 is 0 Å². The standard InChI is InChI=1S/C14H18ClN/c1-16-8-10-7-12(9-5-6-9)14-11(10)3-2-4-13(14)15/h2-4,9-10,12,16H,5-8H2,1H3. The van der Waals surface area contributed by atoms with E-state index in [1.807, 2.05) is 7.05 Å². The Morgan fingerprint density at radius 2 is 2.19 bits per heavy atom. The third-order valence-corrected chi connectivity index (χ3v) is 4.41. The summed E-state index contributed by atoms with van der Waals surface area (Å²) in [6.45, 7) is 1.08. The van der Waals surface area contributed by atoms with Gasteiger partial charge in [-0.05, 0) is 61.3 Å². The molecule has 2 heteroatoms. The number of hydrogen-bond acceptors (Lipinski definition) is 1. The number of rotatable bonds is 3. The van der Waals surface area contributed by atoms with Gasteiger partial charge in [-0.3, -0.25) is 0 Å². The van der Waals surface area contributed by atoms with Crippen molar-refractivity contribution < 1.29 is 0 Å². The highest BCUT2D eigenvalue weighted by Crippen LogP contribution is 2.54.